The molecule has 2 amide bonds. The summed E-state index contributed by atoms with van der Waals surface area (Å²) in [4.78, 5) is 11.9. The van der Waals surface area contributed by atoms with Crippen molar-refractivity contribution in [3.8, 4) is 0 Å². The molecule has 1 heterocycles. The van der Waals surface area contributed by atoms with Crippen molar-refractivity contribution in [1.29, 1.82) is 0 Å². The maximum absolute atomic E-state index is 11.9. The van der Waals surface area contributed by atoms with Crippen molar-refractivity contribution in [3.05, 3.63) is 34.9 Å². The Balaban J connectivity index is 1.83. The number of piperidine rings is 1. The lowest BCUT2D eigenvalue weighted by Gasteiger charge is -2.31. The van der Waals surface area contributed by atoms with E-state index < -0.39 is 10.0 Å². The lowest BCUT2D eigenvalue weighted by Crippen LogP contribution is -2.51. The monoisotopic (exact) mass is 345 g/mol. The fourth-order valence-corrected chi connectivity index (χ4v) is 3.53. The largest absolute Gasteiger partial charge is 0.334 e. The first-order valence-corrected chi connectivity index (χ1v) is 9.32. The molecular formula is C14H20ClN3O3S. The second-order valence-corrected chi connectivity index (χ2v) is 7.77. The predicted molar refractivity (Wildman–Crippen MR) is 86.3 cm³/mol. The molecule has 1 aliphatic heterocycles. The minimum atomic E-state index is -3.21. The third-order valence-electron chi connectivity index (χ3n) is 3.59. The van der Waals surface area contributed by atoms with Crippen molar-refractivity contribution in [3.63, 3.8) is 0 Å². The molecule has 0 saturated carbocycles. The average Bonchev–Trinajstić information content (AvgIpc) is 2.46. The molecule has 0 bridgehead atoms. The lowest BCUT2D eigenvalue weighted by molar-refractivity contribution is 0.225. The number of amides is 2. The number of nitrogens with one attached hydrogen (secondary N) is 2. The van der Waals surface area contributed by atoms with Crippen molar-refractivity contribution in [2.75, 3.05) is 19.3 Å². The van der Waals surface area contributed by atoms with Gasteiger partial charge in [-0.05, 0) is 24.5 Å². The lowest BCUT2D eigenvalue weighted by atomic mass is 10.1. The number of benzene rings is 1. The van der Waals surface area contributed by atoms with E-state index in [0.717, 1.165) is 18.4 Å². The van der Waals surface area contributed by atoms with Crippen LogP contribution < -0.4 is 10.6 Å². The summed E-state index contributed by atoms with van der Waals surface area (Å²) in [7, 11) is -3.21. The molecule has 1 atom stereocenters. The fraction of sp³-hybridized carbons (Fsp3) is 0.500. The highest BCUT2D eigenvalue weighted by atomic mass is 35.5. The molecule has 0 aliphatic carbocycles. The summed E-state index contributed by atoms with van der Waals surface area (Å²) in [5.74, 6) is 0. The summed E-state index contributed by atoms with van der Waals surface area (Å²) in [5.41, 5.74) is 0.834. The number of sulfonamides is 1. The second-order valence-electron chi connectivity index (χ2n) is 5.38. The number of carbonyl (C=O) groups excluding carboxylic acids is 1. The Hall–Kier alpha value is -1.31. The van der Waals surface area contributed by atoms with E-state index in [1.54, 1.807) is 6.07 Å². The zero-order chi connectivity index (χ0) is 16.2. The van der Waals surface area contributed by atoms with E-state index in [4.69, 9.17) is 11.6 Å². The van der Waals surface area contributed by atoms with Gasteiger partial charge in [-0.1, -0.05) is 29.8 Å². The molecule has 0 aromatic heterocycles. The van der Waals surface area contributed by atoms with Crippen molar-refractivity contribution in [2.24, 2.45) is 0 Å². The summed E-state index contributed by atoms with van der Waals surface area (Å²) in [6.07, 6.45) is 2.70. The maximum atomic E-state index is 11.9. The summed E-state index contributed by atoms with van der Waals surface area (Å²) in [6, 6.07) is 6.80. The number of hydrogen-bond acceptors (Lipinski definition) is 3. The normalized spacial score (nSPS) is 19.6. The minimum absolute atomic E-state index is 0.172. The van der Waals surface area contributed by atoms with Crippen LogP contribution in [0.3, 0.4) is 0 Å². The molecule has 1 aromatic rings. The SMILES string of the molecule is CS(=O)(=O)N1CCCC(NC(=O)NCc2ccccc2Cl)C1. The number of carbonyl (C=O) groups is 1. The van der Waals surface area contributed by atoms with Crippen LogP contribution in [0.15, 0.2) is 24.3 Å². The Morgan fingerprint density at radius 1 is 1.41 bits per heavy atom. The van der Waals surface area contributed by atoms with Gasteiger partial charge >= 0.3 is 6.03 Å². The van der Waals surface area contributed by atoms with E-state index in [1.807, 2.05) is 18.2 Å². The summed E-state index contributed by atoms with van der Waals surface area (Å²) in [6.45, 7) is 1.16. The molecule has 1 saturated heterocycles. The molecule has 2 N–H and O–H groups in total. The molecule has 1 unspecified atom stereocenters. The average molecular weight is 346 g/mol. The van der Waals surface area contributed by atoms with E-state index in [2.05, 4.69) is 10.6 Å². The minimum Gasteiger partial charge on any atom is -0.334 e. The van der Waals surface area contributed by atoms with Gasteiger partial charge in [-0.3, -0.25) is 0 Å². The first-order valence-electron chi connectivity index (χ1n) is 7.09. The number of urea groups is 1. The van der Waals surface area contributed by atoms with E-state index >= 15 is 0 Å². The quantitative estimate of drug-likeness (QED) is 0.869. The first-order chi connectivity index (χ1) is 10.4. The van der Waals surface area contributed by atoms with Gasteiger partial charge in [-0.2, -0.15) is 0 Å². The highest BCUT2D eigenvalue weighted by molar-refractivity contribution is 7.88. The van der Waals surface area contributed by atoms with Gasteiger partial charge in [-0.25, -0.2) is 17.5 Å². The van der Waals surface area contributed by atoms with Gasteiger partial charge in [0.1, 0.15) is 0 Å². The third-order valence-corrected chi connectivity index (χ3v) is 5.22. The van der Waals surface area contributed by atoms with Gasteiger partial charge in [0, 0.05) is 30.7 Å². The van der Waals surface area contributed by atoms with E-state index in [9.17, 15) is 13.2 Å². The molecule has 1 aromatic carbocycles. The van der Waals surface area contributed by atoms with Crippen LogP contribution >= 0.6 is 11.6 Å². The van der Waals surface area contributed by atoms with Gasteiger partial charge in [0.2, 0.25) is 10.0 Å². The fourth-order valence-electron chi connectivity index (χ4n) is 2.42. The molecular weight excluding hydrogens is 326 g/mol. The summed E-state index contributed by atoms with van der Waals surface area (Å²) >= 11 is 6.02. The van der Waals surface area contributed by atoms with Crippen LogP contribution in [-0.4, -0.2) is 44.1 Å². The Bertz CT molecular complexity index is 636. The van der Waals surface area contributed by atoms with Crippen LogP contribution in [0.5, 0.6) is 0 Å². The van der Waals surface area contributed by atoms with Crippen LogP contribution in [0.4, 0.5) is 4.79 Å². The van der Waals surface area contributed by atoms with Gasteiger partial charge < -0.3 is 10.6 Å². The van der Waals surface area contributed by atoms with Gasteiger partial charge in [0.25, 0.3) is 0 Å². The molecule has 8 heteroatoms. The molecule has 0 spiro atoms. The number of hydrogen-bond donors (Lipinski definition) is 2. The molecule has 1 aliphatic rings. The first kappa shape index (κ1) is 17.1. The highest BCUT2D eigenvalue weighted by Crippen LogP contribution is 2.15. The van der Waals surface area contributed by atoms with Crippen LogP contribution in [0.2, 0.25) is 5.02 Å². The summed E-state index contributed by atoms with van der Waals surface area (Å²) in [5, 5.41) is 6.15. The second kappa shape index (κ2) is 7.30. The van der Waals surface area contributed by atoms with Crippen LogP contribution in [0.25, 0.3) is 0 Å². The zero-order valence-corrected chi connectivity index (χ0v) is 14.0. The zero-order valence-electron chi connectivity index (χ0n) is 12.4. The highest BCUT2D eigenvalue weighted by Gasteiger charge is 2.26. The van der Waals surface area contributed by atoms with Crippen LogP contribution in [-0.2, 0) is 16.6 Å². The standard InChI is InChI=1S/C14H20ClN3O3S/c1-22(20,21)18-8-4-6-12(10-18)17-14(19)16-9-11-5-2-3-7-13(11)15/h2-3,5,7,12H,4,6,8-10H2,1H3,(H2,16,17,19). The van der Waals surface area contributed by atoms with Gasteiger partial charge in [-0.15, -0.1) is 0 Å². The molecule has 122 valence electrons. The maximum Gasteiger partial charge on any atom is 0.315 e. The van der Waals surface area contributed by atoms with Crippen LogP contribution in [0.1, 0.15) is 18.4 Å². The third kappa shape index (κ3) is 4.86. The van der Waals surface area contributed by atoms with Gasteiger partial charge in [0.15, 0.2) is 0 Å². The molecule has 6 nitrogen and oxygen atoms in total. The van der Waals surface area contributed by atoms with Gasteiger partial charge in [0.05, 0.1) is 6.26 Å². The number of nitrogens with zero attached hydrogens (tertiary/aromatic N) is 1. The smallest absolute Gasteiger partial charge is 0.315 e. The Kier molecular flexibility index (Phi) is 5.66. The molecule has 1 fully saturated rings. The van der Waals surface area contributed by atoms with Crippen molar-refractivity contribution >= 4 is 27.7 Å². The molecule has 2 rings (SSSR count). The van der Waals surface area contributed by atoms with E-state index in [0.29, 0.717) is 24.7 Å². The molecule has 0 radical (unpaired) electrons. The summed E-state index contributed by atoms with van der Waals surface area (Å²) < 4.78 is 24.5. The number of halogens is 1. The van der Waals surface area contributed by atoms with Crippen molar-refractivity contribution in [2.45, 2.75) is 25.4 Å². The van der Waals surface area contributed by atoms with Crippen molar-refractivity contribution in [1.82, 2.24) is 14.9 Å². The van der Waals surface area contributed by atoms with Crippen molar-refractivity contribution < 1.29 is 13.2 Å². The number of rotatable bonds is 4. The van der Waals surface area contributed by atoms with Crippen LogP contribution in [0, 0.1) is 0 Å². The van der Waals surface area contributed by atoms with E-state index in [1.165, 1.54) is 10.6 Å². The topological polar surface area (TPSA) is 78.5 Å². The molecule has 22 heavy (non-hydrogen) atoms. The predicted octanol–water partition coefficient (Wildman–Crippen LogP) is 1.56. The van der Waals surface area contributed by atoms with E-state index in [-0.39, 0.29) is 12.1 Å². The Morgan fingerprint density at radius 3 is 2.82 bits per heavy atom. The Morgan fingerprint density at radius 2 is 2.14 bits per heavy atom. The Labute approximate surface area is 135 Å².